The lowest BCUT2D eigenvalue weighted by molar-refractivity contribution is -0.142. The van der Waals surface area contributed by atoms with Crippen LogP contribution in [-0.2, 0) is 9.59 Å². The van der Waals surface area contributed by atoms with E-state index in [1.807, 2.05) is 20.8 Å². The summed E-state index contributed by atoms with van der Waals surface area (Å²) in [5.74, 6) is -2.02. The second-order valence-corrected chi connectivity index (χ2v) is 6.58. The van der Waals surface area contributed by atoms with E-state index in [2.05, 4.69) is 20.7 Å². The molecule has 0 aliphatic heterocycles. The molecule has 3 N–H and O–H groups in total. The van der Waals surface area contributed by atoms with Crippen LogP contribution >= 0.6 is 0 Å². The molecule has 0 unspecified atom stereocenters. The molecule has 0 spiro atoms. The number of carbonyl (C=O) groups excluding carboxylic acids is 2. The first-order valence-corrected chi connectivity index (χ1v) is 8.31. The Hall–Kier alpha value is -2.97. The van der Waals surface area contributed by atoms with Crippen molar-refractivity contribution in [2.24, 2.45) is 5.92 Å². The van der Waals surface area contributed by atoms with E-state index in [0.29, 0.717) is 23.3 Å². The van der Waals surface area contributed by atoms with Crippen LogP contribution in [0, 0.1) is 19.8 Å². The molecule has 9 nitrogen and oxygen atoms in total. The normalized spacial score (nSPS) is 12.2. The zero-order chi connectivity index (χ0) is 19.4. The highest BCUT2D eigenvalue weighted by atomic mass is 16.4. The molecule has 2 rings (SSSR count). The van der Waals surface area contributed by atoms with Crippen molar-refractivity contribution in [3.8, 4) is 0 Å². The Morgan fingerprint density at radius 3 is 2.58 bits per heavy atom. The molecule has 2 aromatic heterocycles. The molecule has 0 bridgehead atoms. The van der Waals surface area contributed by atoms with E-state index in [-0.39, 0.29) is 12.5 Å². The summed E-state index contributed by atoms with van der Waals surface area (Å²) in [6.07, 6.45) is 1.74. The first-order chi connectivity index (χ1) is 12.2. The molecule has 26 heavy (non-hydrogen) atoms. The smallest absolute Gasteiger partial charge is 0.326 e. The van der Waals surface area contributed by atoms with Gasteiger partial charge in [-0.15, -0.1) is 0 Å². The van der Waals surface area contributed by atoms with Crippen LogP contribution in [0.25, 0.3) is 5.65 Å². The maximum absolute atomic E-state index is 12.3. The third-order valence-electron chi connectivity index (χ3n) is 3.84. The SMILES string of the molecule is Cc1cc2ncc(C(=O)NCC(=O)N[C@@H](CC(C)C)C(=O)O)c(C)n2n1. The number of carboxylic acids is 1. The van der Waals surface area contributed by atoms with Crippen LogP contribution in [0.5, 0.6) is 0 Å². The summed E-state index contributed by atoms with van der Waals surface area (Å²) >= 11 is 0. The highest BCUT2D eigenvalue weighted by molar-refractivity contribution is 5.97. The lowest BCUT2D eigenvalue weighted by Gasteiger charge is -2.16. The highest BCUT2D eigenvalue weighted by Crippen LogP contribution is 2.11. The second-order valence-electron chi connectivity index (χ2n) is 6.58. The Bertz CT molecular complexity index is 843. The van der Waals surface area contributed by atoms with Gasteiger partial charge in [-0.05, 0) is 26.2 Å². The van der Waals surface area contributed by atoms with Gasteiger partial charge in [-0.25, -0.2) is 14.3 Å². The summed E-state index contributed by atoms with van der Waals surface area (Å²) in [5.41, 5.74) is 2.31. The van der Waals surface area contributed by atoms with Crippen molar-refractivity contribution in [3.05, 3.63) is 29.2 Å². The van der Waals surface area contributed by atoms with E-state index in [9.17, 15) is 14.4 Å². The number of hydrogen-bond acceptors (Lipinski definition) is 5. The Morgan fingerprint density at radius 1 is 1.27 bits per heavy atom. The molecule has 9 heteroatoms. The van der Waals surface area contributed by atoms with Crippen LogP contribution in [0.3, 0.4) is 0 Å². The van der Waals surface area contributed by atoms with Crippen LogP contribution < -0.4 is 10.6 Å². The molecule has 0 aliphatic rings. The molecule has 0 saturated carbocycles. The Kier molecular flexibility index (Phi) is 5.91. The monoisotopic (exact) mass is 361 g/mol. The van der Waals surface area contributed by atoms with Gasteiger partial charge in [0.05, 0.1) is 23.5 Å². The van der Waals surface area contributed by atoms with Crippen LogP contribution in [0.2, 0.25) is 0 Å². The van der Waals surface area contributed by atoms with Gasteiger partial charge in [0.2, 0.25) is 5.91 Å². The zero-order valence-electron chi connectivity index (χ0n) is 15.2. The van der Waals surface area contributed by atoms with Gasteiger partial charge in [-0.1, -0.05) is 13.8 Å². The summed E-state index contributed by atoms with van der Waals surface area (Å²) < 4.78 is 1.56. The number of carbonyl (C=O) groups is 3. The van der Waals surface area contributed by atoms with E-state index in [0.717, 1.165) is 5.69 Å². The number of nitrogens with zero attached hydrogens (tertiary/aromatic N) is 3. The molecule has 140 valence electrons. The molecule has 0 aliphatic carbocycles. The minimum Gasteiger partial charge on any atom is -0.480 e. The molecular formula is C17H23N5O4. The maximum Gasteiger partial charge on any atom is 0.326 e. The zero-order valence-corrected chi connectivity index (χ0v) is 15.2. The molecule has 0 fully saturated rings. The number of nitrogens with one attached hydrogen (secondary N) is 2. The summed E-state index contributed by atoms with van der Waals surface area (Å²) in [6, 6.07) is 0.814. The van der Waals surface area contributed by atoms with Gasteiger partial charge in [0.1, 0.15) is 6.04 Å². The molecule has 0 radical (unpaired) electrons. The molecule has 2 heterocycles. The molecule has 1 atom stereocenters. The van der Waals surface area contributed by atoms with Gasteiger partial charge in [0.25, 0.3) is 5.91 Å². The fourth-order valence-corrected chi connectivity index (χ4v) is 2.58. The van der Waals surface area contributed by atoms with Crippen LogP contribution in [0.15, 0.2) is 12.3 Å². The van der Waals surface area contributed by atoms with Crippen molar-refractivity contribution in [2.75, 3.05) is 6.54 Å². The summed E-state index contributed by atoms with van der Waals surface area (Å²) in [7, 11) is 0. The largest absolute Gasteiger partial charge is 0.480 e. The van der Waals surface area contributed by atoms with Crippen LogP contribution in [0.4, 0.5) is 0 Å². The second kappa shape index (κ2) is 7.94. The molecule has 0 saturated heterocycles. The van der Waals surface area contributed by atoms with E-state index < -0.39 is 23.8 Å². The van der Waals surface area contributed by atoms with E-state index in [4.69, 9.17) is 5.11 Å². The molecular weight excluding hydrogens is 338 g/mol. The van der Waals surface area contributed by atoms with Gasteiger partial charge in [-0.3, -0.25) is 9.59 Å². The van der Waals surface area contributed by atoms with Crippen molar-refractivity contribution in [1.82, 2.24) is 25.2 Å². The number of carboxylic acid groups (broad SMARTS) is 1. The fraction of sp³-hybridized carbons (Fsp3) is 0.471. The van der Waals surface area contributed by atoms with E-state index in [1.165, 1.54) is 6.20 Å². The average Bonchev–Trinajstić information content (AvgIpc) is 2.93. The Balaban J connectivity index is 2.00. The summed E-state index contributed by atoms with van der Waals surface area (Å²) in [5, 5.41) is 18.3. The van der Waals surface area contributed by atoms with Gasteiger partial charge < -0.3 is 15.7 Å². The third kappa shape index (κ3) is 4.56. The third-order valence-corrected chi connectivity index (χ3v) is 3.84. The number of hydrogen-bond donors (Lipinski definition) is 3. The number of aromatic nitrogens is 3. The number of aliphatic carboxylic acids is 1. The van der Waals surface area contributed by atoms with Crippen molar-refractivity contribution in [3.63, 3.8) is 0 Å². The Morgan fingerprint density at radius 2 is 1.96 bits per heavy atom. The standard InChI is InChI=1S/C17H23N5O4/c1-9(2)5-13(17(25)26)20-15(23)8-19-16(24)12-7-18-14-6-10(3)21-22(14)11(12)4/h6-7,9,13H,5,8H2,1-4H3,(H,19,24)(H,20,23)(H,25,26)/t13-/m0/s1. The maximum atomic E-state index is 12.3. The van der Waals surface area contributed by atoms with Crippen molar-refractivity contribution >= 4 is 23.4 Å². The topological polar surface area (TPSA) is 126 Å². The quantitative estimate of drug-likeness (QED) is 0.666. The van der Waals surface area contributed by atoms with Crippen molar-refractivity contribution < 1.29 is 19.5 Å². The van der Waals surface area contributed by atoms with Crippen molar-refractivity contribution in [2.45, 2.75) is 40.2 Å². The number of fused-ring (bicyclic) bond motifs is 1. The lowest BCUT2D eigenvalue weighted by atomic mass is 10.0. The van der Waals surface area contributed by atoms with Gasteiger partial charge in [-0.2, -0.15) is 5.10 Å². The van der Waals surface area contributed by atoms with Gasteiger partial charge in [0.15, 0.2) is 5.65 Å². The van der Waals surface area contributed by atoms with Crippen molar-refractivity contribution in [1.29, 1.82) is 0 Å². The first-order valence-electron chi connectivity index (χ1n) is 8.31. The van der Waals surface area contributed by atoms with Gasteiger partial charge in [0, 0.05) is 12.3 Å². The molecule has 2 aromatic rings. The number of rotatable bonds is 7. The molecule has 0 aromatic carbocycles. The summed E-state index contributed by atoms with van der Waals surface area (Å²) in [6.45, 7) is 6.98. The van der Waals surface area contributed by atoms with Crippen LogP contribution in [0.1, 0.15) is 42.0 Å². The average molecular weight is 361 g/mol. The predicted octanol–water partition coefficient (Wildman–Crippen LogP) is 0.691. The summed E-state index contributed by atoms with van der Waals surface area (Å²) in [4.78, 5) is 39.6. The minimum atomic E-state index is -1.10. The number of amides is 2. The predicted molar refractivity (Wildman–Crippen MR) is 93.8 cm³/mol. The minimum absolute atomic E-state index is 0.115. The van der Waals surface area contributed by atoms with Gasteiger partial charge >= 0.3 is 5.97 Å². The first kappa shape index (κ1) is 19.4. The van der Waals surface area contributed by atoms with E-state index >= 15 is 0 Å². The Labute approximate surface area is 150 Å². The highest BCUT2D eigenvalue weighted by Gasteiger charge is 2.21. The number of aryl methyl sites for hydroxylation is 2. The molecule has 2 amide bonds. The van der Waals surface area contributed by atoms with Crippen LogP contribution in [-0.4, -0.2) is 50.1 Å². The fourth-order valence-electron chi connectivity index (χ4n) is 2.58. The van der Waals surface area contributed by atoms with E-state index in [1.54, 1.807) is 17.5 Å². The lowest BCUT2D eigenvalue weighted by Crippen LogP contribution is -2.46.